The summed E-state index contributed by atoms with van der Waals surface area (Å²) in [5.41, 5.74) is 0. The fourth-order valence-electron chi connectivity index (χ4n) is 1.24. The van der Waals surface area contributed by atoms with E-state index in [4.69, 9.17) is 14.6 Å². The van der Waals surface area contributed by atoms with Crippen molar-refractivity contribution in [3.8, 4) is 0 Å². The molecule has 0 amide bonds. The molecule has 1 fully saturated rings. The molecule has 1 saturated heterocycles. The topological polar surface area (TPSA) is 58.9 Å². The first-order valence-corrected chi connectivity index (χ1v) is 3.67. The summed E-state index contributed by atoms with van der Waals surface area (Å²) in [6.45, 7) is 1.92. The zero-order valence-corrected chi connectivity index (χ0v) is 6.73. The summed E-state index contributed by atoms with van der Waals surface area (Å²) < 4.78 is 10.0. The highest BCUT2D eigenvalue weighted by atomic mass is 16.7. The Labute approximate surface area is 65.7 Å². The first-order chi connectivity index (χ1) is 5.16. The second-order valence-electron chi connectivity index (χ2n) is 2.85. The molecule has 4 nitrogen and oxygen atoms in total. The highest BCUT2D eigenvalue weighted by Crippen LogP contribution is 2.21. The molecule has 0 aromatic rings. The summed E-state index contributed by atoms with van der Waals surface area (Å²) in [6, 6.07) is 0. The predicted molar refractivity (Wildman–Crippen MR) is 37.9 cm³/mol. The van der Waals surface area contributed by atoms with E-state index in [9.17, 15) is 5.11 Å². The third-order valence-corrected chi connectivity index (χ3v) is 2.03. The van der Waals surface area contributed by atoms with E-state index in [2.05, 4.69) is 0 Å². The zero-order chi connectivity index (χ0) is 8.43. The number of aliphatic hydroxyl groups excluding tert-OH is 2. The maximum atomic E-state index is 9.34. The summed E-state index contributed by atoms with van der Waals surface area (Å²) in [5.74, 6) is -0.177. The number of methoxy groups -OCH3 is 1. The lowest BCUT2D eigenvalue weighted by Crippen LogP contribution is -2.48. The van der Waals surface area contributed by atoms with Crippen LogP contribution in [0.4, 0.5) is 0 Å². The van der Waals surface area contributed by atoms with Crippen molar-refractivity contribution in [3.05, 3.63) is 0 Å². The molecule has 0 aromatic carbocycles. The van der Waals surface area contributed by atoms with E-state index in [1.165, 1.54) is 7.11 Å². The Morgan fingerprint density at radius 3 is 2.64 bits per heavy atom. The van der Waals surface area contributed by atoms with Gasteiger partial charge in [0.15, 0.2) is 6.29 Å². The van der Waals surface area contributed by atoms with Crippen molar-refractivity contribution in [2.45, 2.75) is 25.4 Å². The highest BCUT2D eigenvalue weighted by Gasteiger charge is 2.35. The van der Waals surface area contributed by atoms with Crippen LogP contribution in [-0.2, 0) is 9.47 Å². The molecule has 0 aromatic heterocycles. The minimum Gasteiger partial charge on any atom is -0.390 e. The van der Waals surface area contributed by atoms with Crippen LogP contribution in [0.2, 0.25) is 0 Å². The molecule has 1 aliphatic rings. The lowest BCUT2D eigenvalue weighted by molar-refractivity contribution is -0.236. The Hall–Kier alpha value is -0.160. The number of hydrogen-bond donors (Lipinski definition) is 2. The van der Waals surface area contributed by atoms with Crippen LogP contribution >= 0.6 is 0 Å². The molecule has 66 valence electrons. The maximum Gasteiger partial charge on any atom is 0.162 e. The van der Waals surface area contributed by atoms with Gasteiger partial charge >= 0.3 is 0 Å². The van der Waals surface area contributed by atoms with Gasteiger partial charge in [0.1, 0.15) is 6.10 Å². The van der Waals surface area contributed by atoms with E-state index >= 15 is 0 Å². The molecule has 0 saturated carbocycles. The first kappa shape index (κ1) is 8.93. The fraction of sp³-hybridized carbons (Fsp3) is 1.00. The Morgan fingerprint density at radius 1 is 1.45 bits per heavy atom. The van der Waals surface area contributed by atoms with E-state index in [1.54, 1.807) is 6.92 Å². The number of ether oxygens (including phenoxy) is 2. The summed E-state index contributed by atoms with van der Waals surface area (Å²) in [7, 11) is 1.52. The summed E-state index contributed by atoms with van der Waals surface area (Å²) >= 11 is 0. The largest absolute Gasteiger partial charge is 0.390 e. The van der Waals surface area contributed by atoms with Gasteiger partial charge in [-0.1, -0.05) is 6.92 Å². The normalized spacial score (nSPS) is 45.8. The number of hydrogen-bond acceptors (Lipinski definition) is 4. The van der Waals surface area contributed by atoms with E-state index in [0.29, 0.717) is 0 Å². The van der Waals surface area contributed by atoms with Gasteiger partial charge in [-0.15, -0.1) is 0 Å². The van der Waals surface area contributed by atoms with E-state index < -0.39 is 18.5 Å². The van der Waals surface area contributed by atoms with Crippen molar-refractivity contribution >= 4 is 0 Å². The number of rotatable bonds is 1. The molecule has 0 spiro atoms. The Bertz CT molecular complexity index is 126. The van der Waals surface area contributed by atoms with E-state index in [0.717, 1.165) is 0 Å². The van der Waals surface area contributed by atoms with Crippen LogP contribution in [-0.4, -0.2) is 42.4 Å². The van der Waals surface area contributed by atoms with Crippen LogP contribution in [0.15, 0.2) is 0 Å². The average molecular weight is 162 g/mol. The van der Waals surface area contributed by atoms with E-state index in [-0.39, 0.29) is 12.5 Å². The minimum atomic E-state index is -0.781. The lowest BCUT2D eigenvalue weighted by Gasteiger charge is -2.35. The van der Waals surface area contributed by atoms with Crippen LogP contribution in [0.5, 0.6) is 0 Å². The van der Waals surface area contributed by atoms with Gasteiger partial charge in [-0.05, 0) is 0 Å². The smallest absolute Gasteiger partial charge is 0.162 e. The van der Waals surface area contributed by atoms with Gasteiger partial charge in [0.2, 0.25) is 0 Å². The molecule has 1 rings (SSSR count). The van der Waals surface area contributed by atoms with Crippen LogP contribution in [0.3, 0.4) is 0 Å². The highest BCUT2D eigenvalue weighted by molar-refractivity contribution is 4.79. The van der Waals surface area contributed by atoms with Gasteiger partial charge in [0.25, 0.3) is 0 Å². The summed E-state index contributed by atoms with van der Waals surface area (Å²) in [5, 5.41) is 18.5. The molecule has 0 bridgehead atoms. The molecule has 11 heavy (non-hydrogen) atoms. The standard InChI is InChI=1S/C7H14O4/c1-4-6(9)5(8)3-11-7(4)10-2/h4-9H,3H2,1-2H3/t4?,5-,6-,7+/m1/s1. The lowest BCUT2D eigenvalue weighted by atomic mass is 9.97. The zero-order valence-electron chi connectivity index (χ0n) is 6.73. The second-order valence-corrected chi connectivity index (χ2v) is 2.85. The Morgan fingerprint density at radius 2 is 2.09 bits per heavy atom. The molecule has 1 unspecified atom stereocenters. The molecule has 1 aliphatic heterocycles. The van der Waals surface area contributed by atoms with Crippen molar-refractivity contribution in [1.29, 1.82) is 0 Å². The van der Waals surface area contributed by atoms with Crippen LogP contribution in [0, 0.1) is 5.92 Å². The minimum absolute atomic E-state index is 0.143. The van der Waals surface area contributed by atoms with E-state index in [1.807, 2.05) is 0 Å². The third-order valence-electron chi connectivity index (χ3n) is 2.03. The molecule has 0 aliphatic carbocycles. The molecule has 2 N–H and O–H groups in total. The summed E-state index contributed by atoms with van der Waals surface area (Å²) in [4.78, 5) is 0. The van der Waals surface area contributed by atoms with Crippen molar-refractivity contribution in [2.75, 3.05) is 13.7 Å². The van der Waals surface area contributed by atoms with Gasteiger partial charge in [0.05, 0.1) is 12.7 Å². The summed E-state index contributed by atoms with van der Waals surface area (Å²) in [6.07, 6.45) is -1.92. The van der Waals surface area contributed by atoms with Gasteiger partial charge in [0, 0.05) is 13.0 Å². The van der Waals surface area contributed by atoms with Gasteiger partial charge in [-0.2, -0.15) is 0 Å². The molecule has 0 radical (unpaired) electrons. The first-order valence-electron chi connectivity index (χ1n) is 3.67. The van der Waals surface area contributed by atoms with Gasteiger partial charge in [-0.3, -0.25) is 0 Å². The van der Waals surface area contributed by atoms with Crippen molar-refractivity contribution in [1.82, 2.24) is 0 Å². The van der Waals surface area contributed by atoms with Gasteiger partial charge in [-0.25, -0.2) is 0 Å². The third kappa shape index (κ3) is 1.70. The second kappa shape index (κ2) is 3.49. The van der Waals surface area contributed by atoms with Crippen LogP contribution in [0.25, 0.3) is 0 Å². The molecule has 4 atom stereocenters. The molecule has 4 heteroatoms. The maximum absolute atomic E-state index is 9.34. The van der Waals surface area contributed by atoms with Gasteiger partial charge < -0.3 is 19.7 Å². The quantitative estimate of drug-likeness (QED) is 0.537. The number of aliphatic hydroxyl groups is 2. The Balaban J connectivity index is 2.52. The average Bonchev–Trinajstić information content (AvgIpc) is 2.01. The van der Waals surface area contributed by atoms with Crippen molar-refractivity contribution in [2.24, 2.45) is 5.92 Å². The molecular weight excluding hydrogens is 148 g/mol. The van der Waals surface area contributed by atoms with Crippen LogP contribution < -0.4 is 0 Å². The van der Waals surface area contributed by atoms with Crippen LogP contribution in [0.1, 0.15) is 6.92 Å². The van der Waals surface area contributed by atoms with Crippen molar-refractivity contribution < 1.29 is 19.7 Å². The predicted octanol–water partition coefficient (Wildman–Crippen LogP) is -0.653. The fourth-order valence-corrected chi connectivity index (χ4v) is 1.24. The monoisotopic (exact) mass is 162 g/mol. The van der Waals surface area contributed by atoms with Crippen molar-refractivity contribution in [3.63, 3.8) is 0 Å². The Kier molecular flexibility index (Phi) is 2.84. The molecular formula is C7H14O4. The SMILES string of the molecule is CO[C@H]1OC[C@@H](O)[C@H](O)C1C. The molecule has 1 heterocycles.